The molecule has 0 radical (unpaired) electrons. The van der Waals surface area contributed by atoms with Crippen LogP contribution in [0.15, 0.2) is 24.3 Å². The molecule has 0 amide bonds. The molecular weight excluding hydrogens is 287 g/mol. The van der Waals surface area contributed by atoms with E-state index in [9.17, 15) is 0 Å². The number of hydrogen-bond acceptors (Lipinski definition) is 3. The number of hydrogen-bond donors (Lipinski definition) is 1. The molecule has 0 aliphatic heterocycles. The molecule has 1 aromatic heterocycles. The molecule has 0 saturated heterocycles. The van der Waals surface area contributed by atoms with Crippen molar-refractivity contribution in [3.05, 3.63) is 39.2 Å². The van der Waals surface area contributed by atoms with Crippen LogP contribution in [0.1, 0.15) is 9.88 Å². The second-order valence-electron chi connectivity index (χ2n) is 3.88. The summed E-state index contributed by atoms with van der Waals surface area (Å²) in [5.41, 5.74) is 2.16. The van der Waals surface area contributed by atoms with Gasteiger partial charge >= 0.3 is 0 Å². The first kappa shape index (κ1) is 15.4. The van der Waals surface area contributed by atoms with Crippen molar-refractivity contribution in [2.75, 3.05) is 13.6 Å². The number of aryl methyl sites for hydroxylation is 1. The molecule has 18 heavy (non-hydrogen) atoms. The molecule has 1 heterocycles. The van der Waals surface area contributed by atoms with Crippen LogP contribution in [0, 0.1) is 6.92 Å². The average molecular weight is 303 g/mol. The molecule has 0 atom stereocenters. The van der Waals surface area contributed by atoms with Gasteiger partial charge in [-0.2, -0.15) is 0 Å². The SMILES string of the molecule is CNCCc1nc(-c2cccc(Cl)c2)c(C)s1.Cl. The Kier molecular flexibility index (Phi) is 6.09. The van der Waals surface area contributed by atoms with Gasteiger partial charge in [-0.15, -0.1) is 23.7 Å². The number of benzene rings is 1. The summed E-state index contributed by atoms with van der Waals surface area (Å²) >= 11 is 7.76. The van der Waals surface area contributed by atoms with E-state index in [1.165, 1.54) is 9.88 Å². The van der Waals surface area contributed by atoms with Gasteiger partial charge in [0.25, 0.3) is 0 Å². The van der Waals surface area contributed by atoms with Gasteiger partial charge in [-0.05, 0) is 26.1 Å². The molecule has 2 rings (SSSR count). The minimum Gasteiger partial charge on any atom is -0.319 e. The van der Waals surface area contributed by atoms with E-state index in [4.69, 9.17) is 11.6 Å². The summed E-state index contributed by atoms with van der Waals surface area (Å²) in [5.74, 6) is 0. The molecule has 0 bridgehead atoms. The Morgan fingerprint density at radius 1 is 1.39 bits per heavy atom. The molecule has 0 fully saturated rings. The van der Waals surface area contributed by atoms with Crippen LogP contribution >= 0.6 is 35.3 Å². The third-order valence-corrected chi connectivity index (χ3v) is 3.79. The molecule has 0 aliphatic rings. The maximum atomic E-state index is 6.00. The first-order valence-electron chi connectivity index (χ1n) is 5.57. The fraction of sp³-hybridized carbons (Fsp3) is 0.308. The lowest BCUT2D eigenvalue weighted by molar-refractivity contribution is 0.788. The molecule has 1 N–H and O–H groups in total. The summed E-state index contributed by atoms with van der Waals surface area (Å²) in [5, 5.41) is 5.07. The van der Waals surface area contributed by atoms with E-state index in [1.54, 1.807) is 11.3 Å². The van der Waals surface area contributed by atoms with Crippen LogP contribution in [-0.4, -0.2) is 18.6 Å². The van der Waals surface area contributed by atoms with Gasteiger partial charge in [0.1, 0.15) is 0 Å². The lowest BCUT2D eigenvalue weighted by atomic mass is 10.1. The van der Waals surface area contributed by atoms with Crippen LogP contribution in [0.3, 0.4) is 0 Å². The van der Waals surface area contributed by atoms with Crippen LogP contribution in [-0.2, 0) is 6.42 Å². The van der Waals surface area contributed by atoms with Crippen molar-refractivity contribution < 1.29 is 0 Å². The summed E-state index contributed by atoms with van der Waals surface area (Å²) in [7, 11) is 1.96. The third kappa shape index (κ3) is 3.69. The summed E-state index contributed by atoms with van der Waals surface area (Å²) in [6.45, 7) is 3.07. The van der Waals surface area contributed by atoms with Crippen molar-refractivity contribution in [3.63, 3.8) is 0 Å². The zero-order chi connectivity index (χ0) is 12.3. The molecule has 2 nitrogen and oxygen atoms in total. The Labute approximate surface area is 123 Å². The van der Waals surface area contributed by atoms with E-state index in [2.05, 4.69) is 23.3 Å². The van der Waals surface area contributed by atoms with E-state index in [0.717, 1.165) is 29.2 Å². The van der Waals surface area contributed by atoms with E-state index in [0.29, 0.717) is 0 Å². The van der Waals surface area contributed by atoms with Gasteiger partial charge in [0.05, 0.1) is 10.7 Å². The summed E-state index contributed by atoms with van der Waals surface area (Å²) in [6, 6.07) is 7.86. The molecule has 5 heteroatoms. The van der Waals surface area contributed by atoms with Gasteiger partial charge in [-0.1, -0.05) is 23.7 Å². The number of halogens is 2. The van der Waals surface area contributed by atoms with Crippen molar-refractivity contribution in [1.82, 2.24) is 10.3 Å². The standard InChI is InChI=1S/C13H15ClN2S.ClH/c1-9-13(10-4-3-5-11(14)8-10)16-12(17-9)6-7-15-2;/h3-5,8,15H,6-7H2,1-2H3;1H. The highest BCUT2D eigenvalue weighted by Crippen LogP contribution is 2.29. The van der Waals surface area contributed by atoms with E-state index in [1.807, 2.05) is 25.2 Å². The van der Waals surface area contributed by atoms with E-state index in [-0.39, 0.29) is 12.4 Å². The van der Waals surface area contributed by atoms with Crippen molar-refractivity contribution in [1.29, 1.82) is 0 Å². The number of aromatic nitrogens is 1. The topological polar surface area (TPSA) is 24.9 Å². The fourth-order valence-corrected chi connectivity index (χ4v) is 2.84. The minimum atomic E-state index is 0. The van der Waals surface area contributed by atoms with Gasteiger partial charge < -0.3 is 5.32 Å². The Balaban J connectivity index is 0.00000162. The van der Waals surface area contributed by atoms with Crippen LogP contribution in [0.4, 0.5) is 0 Å². The number of nitrogens with zero attached hydrogens (tertiary/aromatic N) is 1. The number of likely N-dealkylation sites (N-methyl/N-ethyl adjacent to an activating group) is 1. The number of rotatable bonds is 4. The largest absolute Gasteiger partial charge is 0.319 e. The Hall–Kier alpha value is -0.610. The molecule has 0 unspecified atom stereocenters. The molecule has 1 aromatic carbocycles. The van der Waals surface area contributed by atoms with Gasteiger partial charge in [0.15, 0.2) is 0 Å². The first-order chi connectivity index (χ1) is 8.20. The summed E-state index contributed by atoms with van der Waals surface area (Å²) < 4.78 is 0. The minimum absolute atomic E-state index is 0. The molecule has 0 aliphatic carbocycles. The smallest absolute Gasteiger partial charge is 0.0948 e. The van der Waals surface area contributed by atoms with Crippen molar-refractivity contribution >= 4 is 35.3 Å². The van der Waals surface area contributed by atoms with Crippen LogP contribution in [0.2, 0.25) is 5.02 Å². The van der Waals surface area contributed by atoms with Crippen molar-refractivity contribution in [2.24, 2.45) is 0 Å². The summed E-state index contributed by atoms with van der Waals surface area (Å²) in [6.07, 6.45) is 0.975. The predicted octanol–water partition coefficient (Wildman–Crippen LogP) is 3.96. The van der Waals surface area contributed by atoms with Gasteiger partial charge in [-0.3, -0.25) is 0 Å². The van der Waals surface area contributed by atoms with E-state index < -0.39 is 0 Å². The maximum Gasteiger partial charge on any atom is 0.0948 e. The maximum absolute atomic E-state index is 6.00. The van der Waals surface area contributed by atoms with Gasteiger partial charge in [0, 0.05) is 28.4 Å². The zero-order valence-corrected chi connectivity index (χ0v) is 12.8. The lowest BCUT2D eigenvalue weighted by Crippen LogP contribution is -2.09. The third-order valence-electron chi connectivity index (χ3n) is 2.53. The Morgan fingerprint density at radius 2 is 2.17 bits per heavy atom. The molecule has 0 saturated carbocycles. The number of thiazole rings is 1. The summed E-state index contributed by atoms with van der Waals surface area (Å²) in [4.78, 5) is 5.93. The predicted molar refractivity (Wildman–Crippen MR) is 82.2 cm³/mol. The highest BCUT2D eigenvalue weighted by atomic mass is 35.5. The first-order valence-corrected chi connectivity index (χ1v) is 6.77. The molecule has 0 spiro atoms. The van der Waals surface area contributed by atoms with Gasteiger partial charge in [-0.25, -0.2) is 4.98 Å². The number of nitrogens with one attached hydrogen (secondary N) is 1. The van der Waals surface area contributed by atoms with Crippen LogP contribution < -0.4 is 5.32 Å². The highest BCUT2D eigenvalue weighted by molar-refractivity contribution is 7.12. The Bertz CT molecular complexity index is 511. The molecule has 2 aromatic rings. The van der Waals surface area contributed by atoms with E-state index >= 15 is 0 Å². The van der Waals surface area contributed by atoms with Crippen LogP contribution in [0.25, 0.3) is 11.3 Å². The zero-order valence-electron chi connectivity index (χ0n) is 10.4. The second-order valence-corrected chi connectivity index (χ2v) is 5.60. The molecule has 98 valence electrons. The molecular formula is C13H16Cl2N2S. The van der Waals surface area contributed by atoms with Gasteiger partial charge in [0.2, 0.25) is 0 Å². The lowest BCUT2D eigenvalue weighted by Gasteiger charge is -1.99. The fourth-order valence-electron chi connectivity index (χ4n) is 1.69. The quantitative estimate of drug-likeness (QED) is 0.925. The average Bonchev–Trinajstić information content (AvgIpc) is 2.68. The highest BCUT2D eigenvalue weighted by Gasteiger charge is 2.09. The van der Waals surface area contributed by atoms with Crippen LogP contribution in [0.5, 0.6) is 0 Å². The van der Waals surface area contributed by atoms with Crippen molar-refractivity contribution in [2.45, 2.75) is 13.3 Å². The monoisotopic (exact) mass is 302 g/mol. The Morgan fingerprint density at radius 3 is 2.83 bits per heavy atom. The second kappa shape index (κ2) is 7.10. The normalized spacial score (nSPS) is 10.2. The van der Waals surface area contributed by atoms with Crippen molar-refractivity contribution in [3.8, 4) is 11.3 Å².